The van der Waals surface area contributed by atoms with Gasteiger partial charge in [-0.2, -0.15) is 13.8 Å². The first-order chi connectivity index (χ1) is 14.0. The lowest BCUT2D eigenvalue weighted by molar-refractivity contribution is -0.00717. The molecule has 1 unspecified atom stereocenters. The lowest BCUT2D eigenvalue weighted by Crippen LogP contribution is -2.28. The normalized spacial score (nSPS) is 12.2. The van der Waals surface area contributed by atoms with Gasteiger partial charge in [0.25, 0.3) is 5.91 Å². The number of carbonyl (C=O) groups is 1. The van der Waals surface area contributed by atoms with E-state index in [1.807, 2.05) is 0 Å². The lowest BCUT2D eigenvalue weighted by Gasteiger charge is -2.19. The summed E-state index contributed by atoms with van der Waals surface area (Å²) in [6.45, 7) is 11.1. The topological polar surface area (TPSA) is 86.2 Å². The van der Waals surface area contributed by atoms with E-state index in [0.717, 1.165) is 0 Å². The number of halogens is 2. The van der Waals surface area contributed by atoms with Crippen LogP contribution in [-0.2, 0) is 0 Å². The third kappa shape index (κ3) is 5.95. The standard InChI is InChI=1S/C21H26F2N4O3/c1-7-29-20-25-14(5)9-17(27-20)18(28)26-15(6)16-8-13(4)19(24-10-16)30-11-21(22,23)12(2)3/h8-10,15H,2,7,11H2,1,3-6H3,(H,26,28). The number of hydrogen-bond donors (Lipinski definition) is 1. The maximum absolute atomic E-state index is 13.7. The molecule has 2 aromatic heterocycles. The Hall–Kier alpha value is -3.10. The molecule has 0 spiro atoms. The molecule has 0 saturated carbocycles. The van der Waals surface area contributed by atoms with E-state index in [9.17, 15) is 13.6 Å². The maximum Gasteiger partial charge on any atom is 0.317 e. The summed E-state index contributed by atoms with van der Waals surface area (Å²) in [5.41, 5.74) is 1.78. The SMILES string of the molecule is C=C(C)C(F)(F)COc1ncc(C(C)NC(=O)c2cc(C)nc(OCC)n2)cc1C. The van der Waals surface area contributed by atoms with Crippen molar-refractivity contribution in [1.82, 2.24) is 20.3 Å². The maximum atomic E-state index is 13.7. The minimum atomic E-state index is -3.13. The highest BCUT2D eigenvalue weighted by molar-refractivity contribution is 5.92. The molecule has 0 saturated heterocycles. The summed E-state index contributed by atoms with van der Waals surface area (Å²) in [6, 6.07) is 3.02. The summed E-state index contributed by atoms with van der Waals surface area (Å²) < 4.78 is 37.8. The van der Waals surface area contributed by atoms with Crippen LogP contribution in [0.25, 0.3) is 0 Å². The van der Waals surface area contributed by atoms with Crippen molar-refractivity contribution in [1.29, 1.82) is 0 Å². The second-order valence-electron chi connectivity index (χ2n) is 6.97. The summed E-state index contributed by atoms with van der Waals surface area (Å²) in [6.07, 6.45) is 1.48. The molecule has 9 heteroatoms. The van der Waals surface area contributed by atoms with Crippen LogP contribution in [0.2, 0.25) is 0 Å². The van der Waals surface area contributed by atoms with Crippen LogP contribution in [-0.4, -0.2) is 40.0 Å². The molecule has 0 aliphatic rings. The van der Waals surface area contributed by atoms with E-state index in [2.05, 4.69) is 26.8 Å². The summed E-state index contributed by atoms with van der Waals surface area (Å²) in [5, 5.41) is 2.83. The number of pyridine rings is 1. The van der Waals surface area contributed by atoms with Crippen LogP contribution in [0.5, 0.6) is 11.9 Å². The minimum Gasteiger partial charge on any atom is -0.471 e. The Kier molecular flexibility index (Phi) is 7.42. The highest BCUT2D eigenvalue weighted by Crippen LogP contribution is 2.25. The van der Waals surface area contributed by atoms with E-state index < -0.39 is 24.5 Å². The number of aromatic nitrogens is 3. The number of amides is 1. The van der Waals surface area contributed by atoms with E-state index in [1.165, 1.54) is 13.1 Å². The van der Waals surface area contributed by atoms with Gasteiger partial charge in [0.2, 0.25) is 5.88 Å². The van der Waals surface area contributed by atoms with Crippen molar-refractivity contribution in [2.24, 2.45) is 0 Å². The predicted molar refractivity (Wildman–Crippen MR) is 108 cm³/mol. The van der Waals surface area contributed by atoms with Gasteiger partial charge in [0.15, 0.2) is 6.61 Å². The van der Waals surface area contributed by atoms with Gasteiger partial charge in [0.1, 0.15) is 5.69 Å². The van der Waals surface area contributed by atoms with E-state index >= 15 is 0 Å². The van der Waals surface area contributed by atoms with Crippen molar-refractivity contribution < 1.29 is 23.0 Å². The summed E-state index contributed by atoms with van der Waals surface area (Å²) in [7, 11) is 0. The number of alkyl halides is 2. The number of rotatable bonds is 9. The van der Waals surface area contributed by atoms with Crippen LogP contribution in [0.1, 0.15) is 54.1 Å². The van der Waals surface area contributed by atoms with Crippen molar-refractivity contribution in [3.8, 4) is 11.9 Å². The van der Waals surface area contributed by atoms with Crippen molar-refractivity contribution >= 4 is 5.91 Å². The Bertz CT molecular complexity index is 934. The first-order valence-electron chi connectivity index (χ1n) is 9.46. The Labute approximate surface area is 174 Å². The Morgan fingerprint density at radius 1 is 1.27 bits per heavy atom. The first kappa shape index (κ1) is 23.2. The molecule has 0 aliphatic heterocycles. The average molecular weight is 420 g/mol. The van der Waals surface area contributed by atoms with E-state index in [-0.39, 0.29) is 23.2 Å². The van der Waals surface area contributed by atoms with Gasteiger partial charge < -0.3 is 14.8 Å². The Morgan fingerprint density at radius 2 is 1.97 bits per heavy atom. The van der Waals surface area contributed by atoms with Gasteiger partial charge in [-0.25, -0.2) is 9.97 Å². The molecule has 0 aromatic carbocycles. The molecule has 2 aromatic rings. The fourth-order valence-electron chi connectivity index (χ4n) is 2.46. The van der Waals surface area contributed by atoms with E-state index in [0.29, 0.717) is 23.4 Å². The van der Waals surface area contributed by atoms with Crippen molar-refractivity contribution in [3.63, 3.8) is 0 Å². The van der Waals surface area contributed by atoms with E-state index in [1.54, 1.807) is 39.8 Å². The van der Waals surface area contributed by atoms with Crippen LogP contribution in [0.3, 0.4) is 0 Å². The van der Waals surface area contributed by atoms with E-state index in [4.69, 9.17) is 9.47 Å². The zero-order valence-corrected chi connectivity index (χ0v) is 17.8. The number of nitrogens with zero attached hydrogens (tertiary/aromatic N) is 3. The zero-order valence-electron chi connectivity index (χ0n) is 17.8. The van der Waals surface area contributed by atoms with Gasteiger partial charge in [0, 0.05) is 17.5 Å². The fourth-order valence-corrected chi connectivity index (χ4v) is 2.46. The molecular formula is C21H26F2N4O3. The number of nitrogens with one attached hydrogen (secondary N) is 1. The van der Waals surface area contributed by atoms with Gasteiger partial charge in [-0.1, -0.05) is 6.58 Å². The molecule has 2 heterocycles. The average Bonchev–Trinajstić information content (AvgIpc) is 2.66. The molecule has 1 N–H and O–H groups in total. The largest absolute Gasteiger partial charge is 0.471 e. The highest BCUT2D eigenvalue weighted by atomic mass is 19.3. The molecule has 162 valence electrons. The molecular weight excluding hydrogens is 394 g/mol. The number of hydrogen-bond acceptors (Lipinski definition) is 6. The first-order valence-corrected chi connectivity index (χ1v) is 9.46. The summed E-state index contributed by atoms with van der Waals surface area (Å²) in [5.74, 6) is -3.43. The molecule has 7 nitrogen and oxygen atoms in total. The number of ether oxygens (including phenoxy) is 2. The van der Waals surface area contributed by atoms with Crippen molar-refractivity contribution in [2.75, 3.05) is 13.2 Å². The van der Waals surface area contributed by atoms with Crippen LogP contribution in [0, 0.1) is 13.8 Å². The van der Waals surface area contributed by atoms with Crippen molar-refractivity contribution in [3.05, 3.63) is 53.0 Å². The number of carbonyl (C=O) groups excluding carboxylic acids is 1. The third-order valence-corrected chi connectivity index (χ3v) is 4.25. The molecule has 0 fully saturated rings. The molecule has 1 atom stereocenters. The monoisotopic (exact) mass is 420 g/mol. The van der Waals surface area contributed by atoms with Crippen LogP contribution < -0.4 is 14.8 Å². The lowest BCUT2D eigenvalue weighted by atomic mass is 10.1. The number of aryl methyl sites for hydroxylation is 2. The van der Waals surface area contributed by atoms with Gasteiger partial charge >= 0.3 is 11.9 Å². The summed E-state index contributed by atoms with van der Waals surface area (Å²) >= 11 is 0. The molecule has 1 amide bonds. The second kappa shape index (κ2) is 9.60. The molecule has 0 aliphatic carbocycles. The Balaban J connectivity index is 2.08. The molecule has 0 radical (unpaired) electrons. The van der Waals surface area contributed by atoms with Crippen LogP contribution in [0.15, 0.2) is 30.5 Å². The smallest absolute Gasteiger partial charge is 0.317 e. The van der Waals surface area contributed by atoms with Gasteiger partial charge in [0.05, 0.1) is 12.6 Å². The van der Waals surface area contributed by atoms with Crippen molar-refractivity contribution in [2.45, 2.75) is 46.6 Å². The minimum absolute atomic E-state index is 0.103. The molecule has 2 rings (SSSR count). The fraction of sp³-hybridized carbons (Fsp3) is 0.429. The second-order valence-corrected chi connectivity index (χ2v) is 6.97. The van der Waals surface area contributed by atoms with Gasteiger partial charge in [-0.05, 0) is 57.9 Å². The molecule has 0 bridgehead atoms. The highest BCUT2D eigenvalue weighted by Gasteiger charge is 2.31. The van der Waals surface area contributed by atoms with Gasteiger partial charge in [-0.3, -0.25) is 4.79 Å². The predicted octanol–water partition coefficient (Wildman–Crippen LogP) is 3.97. The third-order valence-electron chi connectivity index (χ3n) is 4.25. The zero-order chi connectivity index (χ0) is 22.5. The summed E-state index contributed by atoms with van der Waals surface area (Å²) in [4.78, 5) is 24.9. The quantitative estimate of drug-likeness (QED) is 0.618. The van der Waals surface area contributed by atoms with Crippen LogP contribution in [0.4, 0.5) is 8.78 Å². The van der Waals surface area contributed by atoms with Gasteiger partial charge in [-0.15, -0.1) is 0 Å². The Morgan fingerprint density at radius 3 is 2.57 bits per heavy atom. The van der Waals surface area contributed by atoms with Crippen LogP contribution >= 0.6 is 0 Å². The molecule has 30 heavy (non-hydrogen) atoms.